The smallest absolute Gasteiger partial charge is 0.338 e. The Bertz CT molecular complexity index is 869. The summed E-state index contributed by atoms with van der Waals surface area (Å²) in [6.07, 6.45) is 0. The van der Waals surface area contributed by atoms with E-state index in [2.05, 4.69) is 6.58 Å². The van der Waals surface area contributed by atoms with E-state index in [-0.39, 0.29) is 11.5 Å². The molecule has 0 bridgehead atoms. The van der Waals surface area contributed by atoms with Crippen molar-refractivity contribution in [2.24, 2.45) is 0 Å². The molecule has 0 atom stereocenters. The Hall–Kier alpha value is -2.60. The molecule has 25 heavy (non-hydrogen) atoms. The molecule has 0 amide bonds. The van der Waals surface area contributed by atoms with E-state index < -0.39 is 16.0 Å². The summed E-state index contributed by atoms with van der Waals surface area (Å²) in [6, 6.07) is 12.9. The monoisotopic (exact) mass is 359 g/mol. The van der Waals surface area contributed by atoms with E-state index >= 15 is 0 Å². The average Bonchev–Trinajstić information content (AvgIpc) is 2.59. The highest BCUT2D eigenvalue weighted by Crippen LogP contribution is 2.23. The Morgan fingerprint density at radius 1 is 1.08 bits per heavy atom. The van der Waals surface area contributed by atoms with E-state index in [4.69, 9.17) is 4.74 Å². The van der Waals surface area contributed by atoms with E-state index in [0.717, 1.165) is 11.1 Å². The molecule has 0 fully saturated rings. The van der Waals surface area contributed by atoms with Crippen LogP contribution in [-0.2, 0) is 14.8 Å². The first-order chi connectivity index (χ1) is 11.7. The fourth-order valence-electron chi connectivity index (χ4n) is 2.09. The highest BCUT2D eigenvalue weighted by Gasteiger charge is 2.21. The number of esters is 1. The van der Waals surface area contributed by atoms with Crippen molar-refractivity contribution < 1.29 is 17.9 Å². The molecule has 0 aliphatic heterocycles. The minimum Gasteiger partial charge on any atom is -0.458 e. The Kier molecular flexibility index (Phi) is 5.64. The van der Waals surface area contributed by atoms with Gasteiger partial charge in [0.15, 0.2) is 0 Å². The van der Waals surface area contributed by atoms with Crippen molar-refractivity contribution in [1.82, 2.24) is 0 Å². The number of hydrogen-bond acceptors (Lipinski definition) is 4. The third kappa shape index (κ3) is 4.48. The molecule has 2 aromatic carbocycles. The Morgan fingerprint density at radius 2 is 1.64 bits per heavy atom. The van der Waals surface area contributed by atoms with E-state index in [1.54, 1.807) is 43.3 Å². The largest absolute Gasteiger partial charge is 0.458 e. The molecule has 0 aliphatic rings. The van der Waals surface area contributed by atoms with Crippen molar-refractivity contribution in [2.75, 3.05) is 18.0 Å². The van der Waals surface area contributed by atoms with Gasteiger partial charge in [0.2, 0.25) is 0 Å². The maximum Gasteiger partial charge on any atom is 0.338 e. The van der Waals surface area contributed by atoms with Gasteiger partial charge in [-0.05, 0) is 55.8 Å². The zero-order valence-electron chi connectivity index (χ0n) is 14.5. The summed E-state index contributed by atoms with van der Waals surface area (Å²) >= 11 is 0. The van der Waals surface area contributed by atoms with Gasteiger partial charge in [-0.2, -0.15) is 0 Å². The molecule has 0 N–H and O–H groups in total. The molecule has 0 spiro atoms. The summed E-state index contributed by atoms with van der Waals surface area (Å²) in [4.78, 5) is 12.1. The minimum absolute atomic E-state index is 0.155. The molecular weight excluding hydrogens is 338 g/mol. The van der Waals surface area contributed by atoms with E-state index in [0.29, 0.717) is 11.3 Å². The van der Waals surface area contributed by atoms with Crippen LogP contribution in [0.2, 0.25) is 0 Å². The zero-order valence-corrected chi connectivity index (χ0v) is 15.3. The van der Waals surface area contributed by atoms with Crippen molar-refractivity contribution in [3.63, 3.8) is 0 Å². The Labute approximate surface area is 148 Å². The molecule has 0 unspecified atom stereocenters. The number of ether oxygens (including phenoxy) is 1. The molecule has 0 saturated heterocycles. The van der Waals surface area contributed by atoms with Crippen LogP contribution in [0.4, 0.5) is 5.69 Å². The number of nitrogens with zero attached hydrogens (tertiary/aromatic N) is 1. The third-order valence-electron chi connectivity index (χ3n) is 3.60. The molecule has 0 radical (unpaired) electrons. The molecule has 2 rings (SSSR count). The summed E-state index contributed by atoms with van der Waals surface area (Å²) in [7, 11) is -2.18. The molecule has 0 aliphatic carbocycles. The predicted molar refractivity (Wildman–Crippen MR) is 98.3 cm³/mol. The average molecular weight is 359 g/mol. The third-order valence-corrected chi connectivity index (χ3v) is 5.40. The lowest BCUT2D eigenvalue weighted by molar-refractivity contribution is 0.0540. The normalized spacial score (nSPS) is 11.0. The van der Waals surface area contributed by atoms with Crippen LogP contribution >= 0.6 is 0 Å². The van der Waals surface area contributed by atoms with Crippen LogP contribution in [0, 0.1) is 6.92 Å². The quantitative estimate of drug-likeness (QED) is 0.584. The zero-order chi connectivity index (χ0) is 18.6. The van der Waals surface area contributed by atoms with Crippen molar-refractivity contribution in [3.8, 4) is 0 Å². The summed E-state index contributed by atoms with van der Waals surface area (Å²) in [6.45, 7) is 7.48. The van der Waals surface area contributed by atoms with E-state index in [9.17, 15) is 13.2 Å². The first kappa shape index (κ1) is 18.7. The number of carbonyl (C=O) groups excluding carboxylic acids is 1. The van der Waals surface area contributed by atoms with E-state index in [1.807, 2.05) is 6.92 Å². The Balaban J connectivity index is 2.19. The van der Waals surface area contributed by atoms with Crippen molar-refractivity contribution in [1.29, 1.82) is 0 Å². The Morgan fingerprint density at radius 3 is 2.16 bits per heavy atom. The van der Waals surface area contributed by atoms with Crippen LogP contribution in [0.25, 0.3) is 0 Å². The first-order valence-corrected chi connectivity index (χ1v) is 9.13. The number of benzene rings is 2. The molecule has 0 heterocycles. The standard InChI is InChI=1S/C19H21NO4S/c1-14(2)13-24-19(21)16-7-9-17(10-8-16)20(4)25(22,23)18-11-5-15(3)6-12-18/h5-12H,1,13H2,2-4H3. The van der Waals surface area contributed by atoms with Gasteiger partial charge in [-0.3, -0.25) is 4.31 Å². The molecular formula is C19H21NO4S. The van der Waals surface area contributed by atoms with Crippen LogP contribution in [0.1, 0.15) is 22.8 Å². The second kappa shape index (κ2) is 7.53. The maximum atomic E-state index is 12.7. The number of aryl methyl sites for hydroxylation is 1. The number of hydrogen-bond donors (Lipinski definition) is 0. The predicted octanol–water partition coefficient (Wildman–Crippen LogP) is 3.55. The number of carbonyl (C=O) groups is 1. The summed E-state index contributed by atoms with van der Waals surface area (Å²) in [5.74, 6) is -0.474. The SMILES string of the molecule is C=C(C)COC(=O)c1ccc(N(C)S(=O)(=O)c2ccc(C)cc2)cc1. The van der Waals surface area contributed by atoms with Gasteiger partial charge in [0, 0.05) is 7.05 Å². The van der Waals surface area contributed by atoms with Gasteiger partial charge in [-0.25, -0.2) is 13.2 Å². The van der Waals surface area contributed by atoms with Gasteiger partial charge < -0.3 is 4.74 Å². The molecule has 5 nitrogen and oxygen atoms in total. The fraction of sp³-hybridized carbons (Fsp3) is 0.211. The topological polar surface area (TPSA) is 63.7 Å². The van der Waals surface area contributed by atoms with Crippen molar-refractivity contribution >= 4 is 21.7 Å². The van der Waals surface area contributed by atoms with Gasteiger partial charge in [-0.1, -0.05) is 24.3 Å². The summed E-state index contributed by atoms with van der Waals surface area (Å²) in [5.41, 5.74) is 2.54. The van der Waals surface area contributed by atoms with Gasteiger partial charge in [0.25, 0.3) is 10.0 Å². The molecule has 0 saturated carbocycles. The lowest BCUT2D eigenvalue weighted by Gasteiger charge is -2.19. The number of sulfonamides is 1. The molecule has 0 aromatic heterocycles. The lowest BCUT2D eigenvalue weighted by atomic mass is 10.2. The van der Waals surface area contributed by atoms with Crippen LogP contribution in [0.3, 0.4) is 0 Å². The van der Waals surface area contributed by atoms with Crippen molar-refractivity contribution in [3.05, 3.63) is 71.8 Å². The first-order valence-electron chi connectivity index (χ1n) is 7.69. The van der Waals surface area contributed by atoms with Crippen LogP contribution in [0.15, 0.2) is 65.6 Å². The fourth-order valence-corrected chi connectivity index (χ4v) is 3.28. The van der Waals surface area contributed by atoms with Crippen molar-refractivity contribution in [2.45, 2.75) is 18.7 Å². The second-order valence-corrected chi connectivity index (χ2v) is 7.83. The lowest BCUT2D eigenvalue weighted by Crippen LogP contribution is -2.26. The molecule has 2 aromatic rings. The number of anilines is 1. The van der Waals surface area contributed by atoms with Gasteiger partial charge in [0.1, 0.15) is 6.61 Å². The maximum absolute atomic E-state index is 12.7. The summed E-state index contributed by atoms with van der Waals surface area (Å²) in [5, 5.41) is 0. The number of rotatable bonds is 6. The molecule has 6 heteroatoms. The summed E-state index contributed by atoms with van der Waals surface area (Å²) < 4.78 is 31.6. The van der Waals surface area contributed by atoms with Crippen LogP contribution < -0.4 is 4.31 Å². The van der Waals surface area contributed by atoms with Gasteiger partial charge >= 0.3 is 5.97 Å². The highest BCUT2D eigenvalue weighted by atomic mass is 32.2. The highest BCUT2D eigenvalue weighted by molar-refractivity contribution is 7.92. The van der Waals surface area contributed by atoms with Crippen LogP contribution in [-0.4, -0.2) is 28.0 Å². The van der Waals surface area contributed by atoms with E-state index in [1.165, 1.54) is 23.5 Å². The van der Waals surface area contributed by atoms with Gasteiger partial charge in [-0.15, -0.1) is 0 Å². The van der Waals surface area contributed by atoms with Crippen LogP contribution in [0.5, 0.6) is 0 Å². The minimum atomic E-state index is -3.66. The van der Waals surface area contributed by atoms with Gasteiger partial charge in [0.05, 0.1) is 16.1 Å². The molecule has 132 valence electrons. The second-order valence-electron chi connectivity index (χ2n) is 5.87.